The predicted octanol–water partition coefficient (Wildman–Crippen LogP) is 3.27. The van der Waals surface area contributed by atoms with E-state index in [2.05, 4.69) is 40.5 Å². The zero-order valence-electron chi connectivity index (χ0n) is 12.5. The van der Waals surface area contributed by atoms with Crippen LogP contribution in [0.15, 0.2) is 6.07 Å². The fourth-order valence-electron chi connectivity index (χ4n) is 1.96. The van der Waals surface area contributed by atoms with Crippen LogP contribution in [0.4, 0.5) is 11.8 Å². The largest absolute Gasteiger partial charge is 0.380 e. The van der Waals surface area contributed by atoms with Crippen molar-refractivity contribution in [1.29, 1.82) is 0 Å². The summed E-state index contributed by atoms with van der Waals surface area (Å²) < 4.78 is 5.44. The van der Waals surface area contributed by atoms with Crippen LogP contribution in [0, 0.1) is 6.92 Å². The lowest BCUT2D eigenvalue weighted by atomic mass is 10.3. The molecule has 20 heavy (non-hydrogen) atoms. The van der Waals surface area contributed by atoms with E-state index in [0.717, 1.165) is 29.2 Å². The van der Waals surface area contributed by atoms with Crippen molar-refractivity contribution in [1.82, 2.24) is 9.97 Å². The highest BCUT2D eigenvalue weighted by molar-refractivity contribution is 7.18. The van der Waals surface area contributed by atoms with E-state index in [1.165, 1.54) is 4.88 Å². The average Bonchev–Trinajstić information content (AvgIpc) is 2.77. The van der Waals surface area contributed by atoms with Gasteiger partial charge in [0.05, 0.1) is 12.0 Å². The second-order valence-corrected chi connectivity index (χ2v) is 5.94. The van der Waals surface area contributed by atoms with Crippen LogP contribution < -0.4 is 10.6 Å². The summed E-state index contributed by atoms with van der Waals surface area (Å²) in [5.74, 6) is 1.55. The van der Waals surface area contributed by atoms with E-state index < -0.39 is 0 Å². The van der Waals surface area contributed by atoms with Gasteiger partial charge in [-0.1, -0.05) is 0 Å². The second kappa shape index (κ2) is 6.85. The van der Waals surface area contributed by atoms with Crippen LogP contribution in [0.1, 0.15) is 25.6 Å². The maximum atomic E-state index is 5.44. The quantitative estimate of drug-likeness (QED) is 0.820. The normalized spacial score (nSPS) is 12.6. The summed E-state index contributed by atoms with van der Waals surface area (Å²) in [5, 5.41) is 7.68. The predicted molar refractivity (Wildman–Crippen MR) is 85.9 cm³/mol. The number of ether oxygens (including phenoxy) is 1. The van der Waals surface area contributed by atoms with Crippen molar-refractivity contribution in [2.45, 2.75) is 33.7 Å². The van der Waals surface area contributed by atoms with Gasteiger partial charge in [0.1, 0.15) is 10.6 Å². The van der Waals surface area contributed by atoms with Crippen molar-refractivity contribution in [3.8, 4) is 0 Å². The SMILES string of the molecule is CCNc1nc(NC(C)COCC)c2cc(C)sc2n1. The molecule has 0 aliphatic heterocycles. The third-order valence-electron chi connectivity index (χ3n) is 2.81. The average molecular weight is 294 g/mol. The van der Waals surface area contributed by atoms with E-state index in [9.17, 15) is 0 Å². The first-order chi connectivity index (χ1) is 9.63. The third kappa shape index (κ3) is 3.58. The van der Waals surface area contributed by atoms with Crippen molar-refractivity contribution in [3.05, 3.63) is 10.9 Å². The number of hydrogen-bond donors (Lipinski definition) is 2. The molecule has 2 aromatic rings. The lowest BCUT2D eigenvalue weighted by Gasteiger charge is -2.15. The molecule has 0 fully saturated rings. The van der Waals surface area contributed by atoms with Gasteiger partial charge in [-0.3, -0.25) is 0 Å². The zero-order chi connectivity index (χ0) is 14.5. The standard InChI is InChI=1S/C14H22N4OS/c1-5-15-14-17-12(16-9(3)8-19-6-2)11-7-10(4)20-13(11)18-14/h7,9H,5-6,8H2,1-4H3,(H2,15,16,17,18). The second-order valence-electron chi connectivity index (χ2n) is 4.71. The van der Waals surface area contributed by atoms with E-state index in [-0.39, 0.29) is 6.04 Å². The number of rotatable bonds is 7. The Hall–Kier alpha value is -1.40. The Labute approximate surface area is 123 Å². The molecular weight excluding hydrogens is 272 g/mol. The Morgan fingerprint density at radius 1 is 1.35 bits per heavy atom. The molecule has 0 aliphatic rings. The molecule has 0 aromatic carbocycles. The first-order valence-corrected chi connectivity index (χ1v) is 7.82. The monoisotopic (exact) mass is 294 g/mol. The first kappa shape index (κ1) is 15.0. The van der Waals surface area contributed by atoms with Gasteiger partial charge in [0.15, 0.2) is 0 Å². The number of nitrogens with one attached hydrogen (secondary N) is 2. The van der Waals surface area contributed by atoms with Crippen LogP contribution in [0.5, 0.6) is 0 Å². The number of anilines is 2. The summed E-state index contributed by atoms with van der Waals surface area (Å²) in [7, 11) is 0. The lowest BCUT2D eigenvalue weighted by Crippen LogP contribution is -2.22. The van der Waals surface area contributed by atoms with E-state index in [1.54, 1.807) is 11.3 Å². The van der Waals surface area contributed by atoms with Gasteiger partial charge in [0.2, 0.25) is 5.95 Å². The third-order valence-corrected chi connectivity index (χ3v) is 3.75. The van der Waals surface area contributed by atoms with E-state index in [4.69, 9.17) is 4.74 Å². The van der Waals surface area contributed by atoms with Crippen LogP contribution in [-0.4, -0.2) is 35.8 Å². The van der Waals surface area contributed by atoms with E-state index in [0.29, 0.717) is 12.6 Å². The van der Waals surface area contributed by atoms with Crippen molar-refractivity contribution >= 4 is 33.3 Å². The molecule has 0 spiro atoms. The van der Waals surface area contributed by atoms with Crippen LogP contribution in [0.3, 0.4) is 0 Å². The van der Waals surface area contributed by atoms with Gasteiger partial charge in [-0.2, -0.15) is 4.98 Å². The number of aromatic nitrogens is 2. The van der Waals surface area contributed by atoms with Gasteiger partial charge < -0.3 is 15.4 Å². The molecule has 0 bridgehead atoms. The lowest BCUT2D eigenvalue weighted by molar-refractivity contribution is 0.141. The van der Waals surface area contributed by atoms with Gasteiger partial charge in [-0.25, -0.2) is 4.98 Å². The molecule has 0 saturated carbocycles. The number of thiophene rings is 1. The van der Waals surface area contributed by atoms with Gasteiger partial charge >= 0.3 is 0 Å². The molecule has 0 amide bonds. The summed E-state index contributed by atoms with van der Waals surface area (Å²) in [6.45, 7) is 10.4. The summed E-state index contributed by atoms with van der Waals surface area (Å²) in [6, 6.07) is 2.34. The Bertz CT molecular complexity index is 570. The molecule has 6 heteroatoms. The van der Waals surface area contributed by atoms with Gasteiger partial charge in [-0.05, 0) is 33.8 Å². The number of hydrogen-bond acceptors (Lipinski definition) is 6. The molecule has 2 N–H and O–H groups in total. The summed E-state index contributed by atoms with van der Waals surface area (Å²) >= 11 is 1.69. The smallest absolute Gasteiger partial charge is 0.226 e. The first-order valence-electron chi connectivity index (χ1n) is 7.00. The number of fused-ring (bicyclic) bond motifs is 1. The minimum Gasteiger partial charge on any atom is -0.380 e. The van der Waals surface area contributed by atoms with Gasteiger partial charge in [0.25, 0.3) is 0 Å². The molecule has 1 unspecified atom stereocenters. The van der Waals surface area contributed by atoms with Crippen LogP contribution in [0.25, 0.3) is 10.2 Å². The topological polar surface area (TPSA) is 59.1 Å². The summed E-state index contributed by atoms with van der Waals surface area (Å²) in [5.41, 5.74) is 0. The van der Waals surface area contributed by atoms with Crippen LogP contribution >= 0.6 is 11.3 Å². The molecule has 5 nitrogen and oxygen atoms in total. The maximum Gasteiger partial charge on any atom is 0.226 e. The highest BCUT2D eigenvalue weighted by atomic mass is 32.1. The van der Waals surface area contributed by atoms with Gasteiger partial charge in [0, 0.05) is 24.1 Å². The fraction of sp³-hybridized carbons (Fsp3) is 0.571. The Balaban J connectivity index is 2.28. The molecule has 0 saturated heterocycles. The fourth-order valence-corrected chi connectivity index (χ4v) is 2.84. The van der Waals surface area contributed by atoms with Crippen molar-refractivity contribution in [3.63, 3.8) is 0 Å². The molecule has 2 heterocycles. The van der Waals surface area contributed by atoms with E-state index in [1.807, 2.05) is 13.8 Å². The van der Waals surface area contributed by atoms with E-state index >= 15 is 0 Å². The molecule has 0 radical (unpaired) electrons. The maximum absolute atomic E-state index is 5.44. The minimum atomic E-state index is 0.211. The van der Waals surface area contributed by atoms with Crippen LogP contribution in [-0.2, 0) is 4.74 Å². The van der Waals surface area contributed by atoms with Crippen molar-refractivity contribution in [2.75, 3.05) is 30.4 Å². The highest BCUT2D eigenvalue weighted by Crippen LogP contribution is 2.29. The van der Waals surface area contributed by atoms with Gasteiger partial charge in [-0.15, -0.1) is 11.3 Å². The molecule has 1 atom stereocenters. The zero-order valence-corrected chi connectivity index (χ0v) is 13.3. The summed E-state index contributed by atoms with van der Waals surface area (Å²) in [6.07, 6.45) is 0. The number of nitrogens with zero attached hydrogens (tertiary/aromatic N) is 2. The minimum absolute atomic E-state index is 0.211. The Kier molecular flexibility index (Phi) is 5.14. The molecule has 110 valence electrons. The van der Waals surface area contributed by atoms with Crippen molar-refractivity contribution < 1.29 is 4.74 Å². The Morgan fingerprint density at radius 3 is 2.85 bits per heavy atom. The molecular formula is C14H22N4OS. The Morgan fingerprint density at radius 2 is 2.15 bits per heavy atom. The molecule has 2 rings (SSSR count). The van der Waals surface area contributed by atoms with Crippen molar-refractivity contribution in [2.24, 2.45) is 0 Å². The van der Waals surface area contributed by atoms with Crippen LogP contribution in [0.2, 0.25) is 0 Å². The molecule has 0 aliphatic carbocycles. The highest BCUT2D eigenvalue weighted by Gasteiger charge is 2.12. The molecule has 2 aromatic heterocycles. The summed E-state index contributed by atoms with van der Waals surface area (Å²) in [4.78, 5) is 11.4. The number of aryl methyl sites for hydroxylation is 1.